The maximum absolute atomic E-state index is 13.1. The van der Waals surface area contributed by atoms with E-state index in [1.54, 1.807) is 19.2 Å². The van der Waals surface area contributed by atoms with Crippen molar-refractivity contribution in [1.82, 2.24) is 10.6 Å². The predicted molar refractivity (Wildman–Crippen MR) is 86.1 cm³/mol. The summed E-state index contributed by atoms with van der Waals surface area (Å²) in [6, 6.07) is 6.17. The van der Waals surface area contributed by atoms with E-state index in [0.717, 1.165) is 12.0 Å². The van der Waals surface area contributed by atoms with Gasteiger partial charge in [0.15, 0.2) is 0 Å². The predicted octanol–water partition coefficient (Wildman–Crippen LogP) is 2.66. The Bertz CT molecular complexity index is 455. The molecule has 1 amide bonds. The van der Waals surface area contributed by atoms with Gasteiger partial charge >= 0.3 is 0 Å². The van der Waals surface area contributed by atoms with E-state index in [2.05, 4.69) is 31.4 Å². The summed E-state index contributed by atoms with van der Waals surface area (Å²) in [5.74, 6) is -0.347. The number of nitrogens with one attached hydrogen (secondary N) is 2. The topological polar surface area (TPSA) is 50.4 Å². The third kappa shape index (κ3) is 7.52. The SMILES string of the molecule is COCCNCC(=O)NC(CC(C)(C)C)c1ccc(F)cc1. The Kier molecular flexibility index (Phi) is 7.48. The fourth-order valence-electron chi connectivity index (χ4n) is 2.18. The van der Waals surface area contributed by atoms with Crippen LogP contribution in [0.2, 0.25) is 0 Å². The van der Waals surface area contributed by atoms with Gasteiger partial charge in [0.25, 0.3) is 0 Å². The molecule has 0 fully saturated rings. The lowest BCUT2D eigenvalue weighted by atomic mass is 9.85. The first kappa shape index (κ1) is 18.6. The number of halogens is 1. The van der Waals surface area contributed by atoms with Gasteiger partial charge in [-0.2, -0.15) is 0 Å². The molecule has 0 spiro atoms. The summed E-state index contributed by atoms with van der Waals surface area (Å²) in [7, 11) is 1.62. The highest BCUT2D eigenvalue weighted by Gasteiger charge is 2.21. The van der Waals surface area contributed by atoms with Gasteiger partial charge in [0.05, 0.1) is 19.2 Å². The second-order valence-corrected chi connectivity index (χ2v) is 6.61. The monoisotopic (exact) mass is 310 g/mol. The maximum Gasteiger partial charge on any atom is 0.234 e. The van der Waals surface area contributed by atoms with Crippen LogP contribution in [-0.4, -0.2) is 32.7 Å². The molecule has 4 nitrogen and oxygen atoms in total. The Morgan fingerprint density at radius 3 is 2.45 bits per heavy atom. The Labute approximate surface area is 132 Å². The Morgan fingerprint density at radius 1 is 1.27 bits per heavy atom. The molecule has 0 aromatic heterocycles. The molecule has 1 aromatic carbocycles. The molecule has 0 saturated heterocycles. The number of ether oxygens (including phenoxy) is 1. The number of carbonyl (C=O) groups is 1. The van der Waals surface area contributed by atoms with Crippen LogP contribution in [0.1, 0.15) is 38.8 Å². The second-order valence-electron chi connectivity index (χ2n) is 6.61. The molecule has 22 heavy (non-hydrogen) atoms. The van der Waals surface area contributed by atoms with Gasteiger partial charge in [0.2, 0.25) is 5.91 Å². The quantitative estimate of drug-likeness (QED) is 0.726. The molecule has 1 atom stereocenters. The zero-order valence-electron chi connectivity index (χ0n) is 13.9. The molecule has 0 radical (unpaired) electrons. The first-order valence-electron chi connectivity index (χ1n) is 7.56. The van der Waals surface area contributed by atoms with E-state index >= 15 is 0 Å². The van der Waals surface area contributed by atoms with Crippen LogP contribution in [0.5, 0.6) is 0 Å². The van der Waals surface area contributed by atoms with Crippen LogP contribution < -0.4 is 10.6 Å². The number of amides is 1. The van der Waals surface area contributed by atoms with E-state index in [-0.39, 0.29) is 29.7 Å². The molecular formula is C17H27FN2O2. The van der Waals surface area contributed by atoms with E-state index in [4.69, 9.17) is 4.74 Å². The van der Waals surface area contributed by atoms with E-state index in [0.29, 0.717) is 13.2 Å². The van der Waals surface area contributed by atoms with Gasteiger partial charge in [-0.25, -0.2) is 4.39 Å². The maximum atomic E-state index is 13.1. The Balaban J connectivity index is 2.66. The fourth-order valence-corrected chi connectivity index (χ4v) is 2.18. The molecule has 0 bridgehead atoms. The van der Waals surface area contributed by atoms with Crippen LogP contribution in [0.3, 0.4) is 0 Å². The number of hydrogen-bond donors (Lipinski definition) is 2. The van der Waals surface area contributed by atoms with Crippen molar-refractivity contribution < 1.29 is 13.9 Å². The van der Waals surface area contributed by atoms with Crippen molar-refractivity contribution in [3.05, 3.63) is 35.6 Å². The first-order chi connectivity index (χ1) is 10.3. The van der Waals surface area contributed by atoms with Gasteiger partial charge in [0.1, 0.15) is 5.82 Å². The van der Waals surface area contributed by atoms with Crippen LogP contribution >= 0.6 is 0 Å². The molecule has 0 aliphatic carbocycles. The summed E-state index contributed by atoms with van der Waals surface area (Å²) < 4.78 is 18.0. The molecule has 1 aromatic rings. The van der Waals surface area contributed by atoms with Crippen LogP contribution in [0.15, 0.2) is 24.3 Å². The van der Waals surface area contributed by atoms with Crippen molar-refractivity contribution in [2.24, 2.45) is 5.41 Å². The highest BCUT2D eigenvalue weighted by molar-refractivity contribution is 5.78. The number of hydrogen-bond acceptors (Lipinski definition) is 3. The molecule has 1 rings (SSSR count). The summed E-state index contributed by atoms with van der Waals surface area (Å²) in [5.41, 5.74) is 0.970. The molecule has 5 heteroatoms. The van der Waals surface area contributed by atoms with Crippen LogP contribution in [-0.2, 0) is 9.53 Å². The molecule has 0 aliphatic heterocycles. The second kappa shape index (κ2) is 8.86. The summed E-state index contributed by atoms with van der Waals surface area (Å²) >= 11 is 0. The molecule has 124 valence electrons. The number of carbonyl (C=O) groups excluding carboxylic acids is 1. The molecule has 1 unspecified atom stereocenters. The third-order valence-electron chi connectivity index (χ3n) is 3.19. The highest BCUT2D eigenvalue weighted by Crippen LogP contribution is 2.29. The summed E-state index contributed by atoms with van der Waals surface area (Å²) in [6.07, 6.45) is 0.780. The standard InChI is InChI=1S/C17H27FN2O2/c1-17(2,3)11-15(13-5-7-14(18)8-6-13)20-16(21)12-19-9-10-22-4/h5-8,15,19H,9-12H2,1-4H3,(H,20,21). The van der Waals surface area contributed by atoms with Crippen molar-refractivity contribution in [2.45, 2.75) is 33.2 Å². The largest absolute Gasteiger partial charge is 0.383 e. The van der Waals surface area contributed by atoms with E-state index in [9.17, 15) is 9.18 Å². The minimum absolute atomic E-state index is 0.0514. The van der Waals surface area contributed by atoms with Gasteiger partial charge in [-0.3, -0.25) is 4.79 Å². The zero-order valence-corrected chi connectivity index (χ0v) is 13.9. The van der Waals surface area contributed by atoms with E-state index < -0.39 is 0 Å². The third-order valence-corrected chi connectivity index (χ3v) is 3.19. The van der Waals surface area contributed by atoms with Gasteiger partial charge in [-0.1, -0.05) is 32.9 Å². The number of benzene rings is 1. The number of rotatable bonds is 8. The van der Waals surface area contributed by atoms with Gasteiger partial charge in [-0.15, -0.1) is 0 Å². The molecule has 0 aliphatic rings. The van der Waals surface area contributed by atoms with Gasteiger partial charge < -0.3 is 15.4 Å². The van der Waals surface area contributed by atoms with Crippen LogP contribution in [0.4, 0.5) is 4.39 Å². The summed E-state index contributed by atoms with van der Waals surface area (Å²) in [5, 5.41) is 6.04. The Hall–Kier alpha value is -1.46. The lowest BCUT2D eigenvalue weighted by Gasteiger charge is -2.27. The van der Waals surface area contributed by atoms with Crippen molar-refractivity contribution >= 4 is 5.91 Å². The minimum Gasteiger partial charge on any atom is -0.383 e. The van der Waals surface area contributed by atoms with Gasteiger partial charge in [0, 0.05) is 13.7 Å². The molecular weight excluding hydrogens is 283 g/mol. The summed E-state index contributed by atoms with van der Waals surface area (Å²) in [4.78, 5) is 12.1. The molecule has 2 N–H and O–H groups in total. The van der Waals surface area contributed by atoms with E-state index in [1.165, 1.54) is 12.1 Å². The zero-order chi connectivity index (χ0) is 16.6. The van der Waals surface area contributed by atoms with Crippen LogP contribution in [0, 0.1) is 11.2 Å². The van der Waals surface area contributed by atoms with Crippen molar-refractivity contribution in [2.75, 3.05) is 26.8 Å². The average molecular weight is 310 g/mol. The summed E-state index contributed by atoms with van der Waals surface area (Å²) in [6.45, 7) is 7.79. The van der Waals surface area contributed by atoms with Crippen molar-refractivity contribution in [1.29, 1.82) is 0 Å². The minimum atomic E-state index is -0.272. The Morgan fingerprint density at radius 2 is 1.91 bits per heavy atom. The van der Waals surface area contributed by atoms with E-state index in [1.807, 2.05) is 0 Å². The average Bonchev–Trinajstić information content (AvgIpc) is 2.42. The first-order valence-corrected chi connectivity index (χ1v) is 7.56. The molecule has 0 saturated carbocycles. The highest BCUT2D eigenvalue weighted by atomic mass is 19.1. The lowest BCUT2D eigenvalue weighted by Crippen LogP contribution is -2.38. The normalized spacial score (nSPS) is 13.0. The van der Waals surface area contributed by atoms with Crippen molar-refractivity contribution in [3.63, 3.8) is 0 Å². The number of methoxy groups -OCH3 is 1. The van der Waals surface area contributed by atoms with Crippen LogP contribution in [0.25, 0.3) is 0 Å². The lowest BCUT2D eigenvalue weighted by molar-refractivity contribution is -0.121. The fraction of sp³-hybridized carbons (Fsp3) is 0.588. The smallest absolute Gasteiger partial charge is 0.234 e. The molecule has 0 heterocycles. The van der Waals surface area contributed by atoms with Crippen molar-refractivity contribution in [3.8, 4) is 0 Å². The van der Waals surface area contributed by atoms with Gasteiger partial charge in [-0.05, 0) is 29.5 Å².